The van der Waals surface area contributed by atoms with E-state index < -0.39 is 5.97 Å². The number of allylic oxidation sites excluding steroid dienone is 6. The molecule has 0 bridgehead atoms. The van der Waals surface area contributed by atoms with Crippen LogP contribution in [0.2, 0.25) is 0 Å². The lowest BCUT2D eigenvalue weighted by molar-refractivity contribution is -0.137. The lowest BCUT2D eigenvalue weighted by Crippen LogP contribution is -1.92. The summed E-state index contributed by atoms with van der Waals surface area (Å²) in [6.07, 6.45) is 16.8. The molecule has 0 saturated carbocycles. The Morgan fingerprint density at radius 2 is 1.41 bits per heavy atom. The Hall–Kier alpha value is -1.64. The van der Waals surface area contributed by atoms with E-state index in [2.05, 4.69) is 6.08 Å². The number of hydrogen-bond donors (Lipinski definition) is 1. The molecule has 0 radical (unpaired) electrons. The maximum atomic E-state index is 10.2. The number of aliphatic carboxylic acids is 1. The van der Waals surface area contributed by atoms with Gasteiger partial charge >= 0.3 is 5.97 Å². The van der Waals surface area contributed by atoms with E-state index in [1.54, 1.807) is 0 Å². The van der Waals surface area contributed by atoms with E-state index in [1.807, 2.05) is 30.4 Å². The van der Waals surface area contributed by atoms with Crippen molar-refractivity contribution in [2.24, 2.45) is 0 Å². The topological polar surface area (TPSA) is 54.4 Å². The molecule has 0 fully saturated rings. The van der Waals surface area contributed by atoms with E-state index in [9.17, 15) is 9.59 Å². The molecule has 94 valence electrons. The average molecular weight is 236 g/mol. The molecule has 0 aromatic carbocycles. The van der Waals surface area contributed by atoms with E-state index in [1.165, 1.54) is 0 Å². The Bertz CT molecular complexity index is 288. The molecular formula is C14H20O3. The Balaban J connectivity index is 3.36. The summed E-state index contributed by atoms with van der Waals surface area (Å²) in [5, 5.41) is 8.41. The molecule has 17 heavy (non-hydrogen) atoms. The van der Waals surface area contributed by atoms with Crippen molar-refractivity contribution in [2.45, 2.75) is 38.5 Å². The van der Waals surface area contributed by atoms with Gasteiger partial charge in [0.2, 0.25) is 0 Å². The molecular weight excluding hydrogens is 216 g/mol. The van der Waals surface area contributed by atoms with Gasteiger partial charge in [-0.15, -0.1) is 0 Å². The Morgan fingerprint density at radius 3 is 1.94 bits per heavy atom. The van der Waals surface area contributed by atoms with Crippen LogP contribution in [0.5, 0.6) is 0 Å². The summed E-state index contributed by atoms with van der Waals surface area (Å²) in [7, 11) is 0. The molecule has 0 heterocycles. The number of carboxylic acid groups (broad SMARTS) is 1. The summed E-state index contributed by atoms with van der Waals surface area (Å²) in [4.78, 5) is 20.2. The van der Waals surface area contributed by atoms with E-state index in [0.29, 0.717) is 12.8 Å². The van der Waals surface area contributed by atoms with Crippen LogP contribution in [0, 0.1) is 0 Å². The Labute approximate surface area is 103 Å². The Kier molecular flexibility index (Phi) is 11.2. The molecule has 0 aromatic heterocycles. The molecule has 1 N–H and O–H groups in total. The van der Waals surface area contributed by atoms with Crippen LogP contribution in [0.15, 0.2) is 36.5 Å². The summed E-state index contributed by atoms with van der Waals surface area (Å²) in [5.41, 5.74) is 0. The highest BCUT2D eigenvalue weighted by molar-refractivity contribution is 5.66. The first-order valence-corrected chi connectivity index (χ1v) is 5.87. The van der Waals surface area contributed by atoms with Crippen LogP contribution in [0.3, 0.4) is 0 Å². The quantitative estimate of drug-likeness (QED) is 0.360. The number of aldehydes is 1. The van der Waals surface area contributed by atoms with Crippen LogP contribution in [0.1, 0.15) is 38.5 Å². The second kappa shape index (κ2) is 12.4. The number of carboxylic acids is 1. The monoisotopic (exact) mass is 236 g/mol. The van der Waals surface area contributed by atoms with Gasteiger partial charge in [0, 0.05) is 12.8 Å². The highest BCUT2D eigenvalue weighted by Crippen LogP contribution is 1.98. The molecule has 0 atom stereocenters. The van der Waals surface area contributed by atoms with Crippen molar-refractivity contribution in [3.05, 3.63) is 36.5 Å². The fraction of sp³-hybridized carbons (Fsp3) is 0.429. The zero-order valence-electron chi connectivity index (χ0n) is 10.0. The van der Waals surface area contributed by atoms with Crippen LogP contribution in [-0.2, 0) is 9.59 Å². The molecule has 3 heteroatoms. The summed E-state index contributed by atoms with van der Waals surface area (Å²) >= 11 is 0. The summed E-state index contributed by atoms with van der Waals surface area (Å²) in [6, 6.07) is 0. The van der Waals surface area contributed by atoms with E-state index in [-0.39, 0.29) is 6.42 Å². The van der Waals surface area contributed by atoms with Crippen molar-refractivity contribution in [1.29, 1.82) is 0 Å². The normalized spacial score (nSPS) is 11.8. The second-order valence-corrected chi connectivity index (χ2v) is 3.57. The predicted molar refractivity (Wildman–Crippen MR) is 68.8 cm³/mol. The number of hydrogen-bond acceptors (Lipinski definition) is 2. The van der Waals surface area contributed by atoms with Crippen LogP contribution in [-0.4, -0.2) is 17.4 Å². The second-order valence-electron chi connectivity index (χ2n) is 3.57. The van der Waals surface area contributed by atoms with Crippen LogP contribution < -0.4 is 0 Å². The van der Waals surface area contributed by atoms with Gasteiger partial charge in [0.05, 0.1) is 0 Å². The standard InChI is InChI=1S/C14H20O3/c15-13-11-9-7-5-3-1-2-4-6-8-10-12-14(16)17/h1,3-4,6-7,9,13H,2,5,8,10-12H2,(H,16,17)/b3-1-,6-4-,9-7-. The molecule has 0 amide bonds. The van der Waals surface area contributed by atoms with Gasteiger partial charge in [0.1, 0.15) is 6.29 Å². The van der Waals surface area contributed by atoms with Crippen LogP contribution in [0.4, 0.5) is 0 Å². The van der Waals surface area contributed by atoms with Gasteiger partial charge < -0.3 is 9.90 Å². The van der Waals surface area contributed by atoms with E-state index >= 15 is 0 Å². The van der Waals surface area contributed by atoms with Crippen molar-refractivity contribution < 1.29 is 14.7 Å². The van der Waals surface area contributed by atoms with Crippen molar-refractivity contribution in [1.82, 2.24) is 0 Å². The molecule has 0 spiro atoms. The molecule has 0 aromatic rings. The largest absolute Gasteiger partial charge is 0.481 e. The van der Waals surface area contributed by atoms with Gasteiger partial charge in [-0.1, -0.05) is 36.5 Å². The molecule has 0 aliphatic carbocycles. The summed E-state index contributed by atoms with van der Waals surface area (Å²) < 4.78 is 0. The van der Waals surface area contributed by atoms with Crippen molar-refractivity contribution in [2.75, 3.05) is 0 Å². The third-order valence-corrected chi connectivity index (χ3v) is 2.04. The fourth-order valence-corrected chi connectivity index (χ4v) is 1.18. The highest BCUT2D eigenvalue weighted by atomic mass is 16.4. The Morgan fingerprint density at radius 1 is 0.882 bits per heavy atom. The van der Waals surface area contributed by atoms with Gasteiger partial charge in [-0.25, -0.2) is 0 Å². The summed E-state index contributed by atoms with van der Waals surface area (Å²) in [5.74, 6) is -0.736. The number of unbranched alkanes of at least 4 members (excludes halogenated alkanes) is 1. The third kappa shape index (κ3) is 14.4. The SMILES string of the molecule is O=CC/C=C\C/C=C\C/C=C\CCCC(=O)O. The molecule has 0 saturated heterocycles. The molecule has 0 aliphatic rings. The third-order valence-electron chi connectivity index (χ3n) is 2.04. The number of rotatable bonds is 10. The zero-order valence-corrected chi connectivity index (χ0v) is 10.0. The van der Waals surface area contributed by atoms with Crippen molar-refractivity contribution in [3.8, 4) is 0 Å². The fourth-order valence-electron chi connectivity index (χ4n) is 1.18. The minimum absolute atomic E-state index is 0.238. The maximum absolute atomic E-state index is 10.2. The molecule has 0 aliphatic heterocycles. The minimum atomic E-state index is -0.736. The lowest BCUT2D eigenvalue weighted by atomic mass is 10.2. The number of carbonyl (C=O) groups excluding carboxylic acids is 1. The minimum Gasteiger partial charge on any atom is -0.481 e. The first-order valence-electron chi connectivity index (χ1n) is 5.87. The van der Waals surface area contributed by atoms with Crippen LogP contribution >= 0.6 is 0 Å². The van der Waals surface area contributed by atoms with Gasteiger partial charge in [0.15, 0.2) is 0 Å². The average Bonchev–Trinajstić information content (AvgIpc) is 2.30. The highest BCUT2D eigenvalue weighted by Gasteiger charge is 1.92. The first kappa shape index (κ1) is 15.4. The van der Waals surface area contributed by atoms with Gasteiger partial charge in [-0.3, -0.25) is 4.79 Å². The van der Waals surface area contributed by atoms with Gasteiger partial charge in [0.25, 0.3) is 0 Å². The summed E-state index contributed by atoms with van der Waals surface area (Å²) in [6.45, 7) is 0. The zero-order chi connectivity index (χ0) is 12.8. The first-order chi connectivity index (χ1) is 8.27. The molecule has 0 unspecified atom stereocenters. The molecule has 0 rings (SSSR count). The predicted octanol–water partition coefficient (Wildman–Crippen LogP) is 3.28. The molecule has 3 nitrogen and oxygen atoms in total. The van der Waals surface area contributed by atoms with Gasteiger partial charge in [-0.05, 0) is 25.7 Å². The van der Waals surface area contributed by atoms with Crippen molar-refractivity contribution >= 4 is 12.3 Å². The maximum Gasteiger partial charge on any atom is 0.303 e. The number of carbonyl (C=O) groups is 2. The smallest absolute Gasteiger partial charge is 0.303 e. The van der Waals surface area contributed by atoms with E-state index in [0.717, 1.165) is 25.5 Å². The van der Waals surface area contributed by atoms with Crippen molar-refractivity contribution in [3.63, 3.8) is 0 Å². The van der Waals surface area contributed by atoms with Crippen LogP contribution in [0.25, 0.3) is 0 Å². The van der Waals surface area contributed by atoms with Gasteiger partial charge in [-0.2, -0.15) is 0 Å². The lowest BCUT2D eigenvalue weighted by Gasteiger charge is -1.89. The van der Waals surface area contributed by atoms with E-state index in [4.69, 9.17) is 5.11 Å².